The second kappa shape index (κ2) is 11.1. The monoisotopic (exact) mass is 381 g/mol. The molecule has 25 heavy (non-hydrogen) atoms. The van der Waals surface area contributed by atoms with Crippen molar-refractivity contribution in [3.63, 3.8) is 0 Å². The molecule has 0 spiro atoms. The van der Waals surface area contributed by atoms with Gasteiger partial charge in [0.2, 0.25) is 5.91 Å². The molecule has 2 aromatic carbocycles. The van der Waals surface area contributed by atoms with Crippen LogP contribution in [-0.4, -0.2) is 43.5 Å². The highest BCUT2D eigenvalue weighted by Gasteiger charge is 2.20. The molecular formula is C19H25Cl2N3O. The van der Waals surface area contributed by atoms with E-state index in [4.69, 9.17) is 0 Å². The average Bonchev–Trinajstić information content (AvgIpc) is 2.62. The lowest BCUT2D eigenvalue weighted by atomic mass is 10.2. The number of piperazine rings is 1. The summed E-state index contributed by atoms with van der Waals surface area (Å²) in [5, 5.41) is 3.32. The van der Waals surface area contributed by atoms with Crippen LogP contribution in [0.25, 0.3) is 0 Å². The van der Waals surface area contributed by atoms with E-state index in [9.17, 15) is 4.79 Å². The normalized spacial score (nSPS) is 14.1. The molecule has 1 saturated heterocycles. The summed E-state index contributed by atoms with van der Waals surface area (Å²) in [6.07, 6.45) is 0. The minimum Gasteiger partial charge on any atom is -0.314 e. The molecule has 1 N–H and O–H groups in total. The summed E-state index contributed by atoms with van der Waals surface area (Å²) in [7, 11) is 0. The first-order valence-electron chi connectivity index (χ1n) is 8.15. The zero-order valence-corrected chi connectivity index (χ0v) is 15.8. The highest BCUT2D eigenvalue weighted by Crippen LogP contribution is 2.17. The molecule has 1 fully saturated rings. The first kappa shape index (κ1) is 21.5. The summed E-state index contributed by atoms with van der Waals surface area (Å²) in [6, 6.07) is 20.1. The summed E-state index contributed by atoms with van der Waals surface area (Å²) in [5.74, 6) is 0.155. The molecule has 6 heteroatoms. The Labute approximate surface area is 162 Å². The Bertz CT molecular complexity index is 619. The van der Waals surface area contributed by atoms with Crippen molar-refractivity contribution in [2.24, 2.45) is 0 Å². The van der Waals surface area contributed by atoms with Gasteiger partial charge >= 0.3 is 0 Å². The van der Waals surface area contributed by atoms with E-state index >= 15 is 0 Å². The van der Waals surface area contributed by atoms with E-state index in [0.717, 1.165) is 37.4 Å². The molecule has 0 radical (unpaired) electrons. The molecule has 0 bridgehead atoms. The number of halogens is 2. The standard InChI is InChI=1S/C19H23N3O.2ClH/c23-19(16-21-13-11-20-12-14-21)22(18-9-5-2-6-10-18)15-17-7-3-1-4-8-17;;/h1-10,20H,11-16H2;2*1H. The van der Waals surface area contributed by atoms with Crippen molar-refractivity contribution in [3.05, 3.63) is 66.2 Å². The summed E-state index contributed by atoms with van der Waals surface area (Å²) >= 11 is 0. The van der Waals surface area contributed by atoms with Crippen LogP contribution in [0.2, 0.25) is 0 Å². The molecule has 0 aliphatic carbocycles. The molecule has 1 heterocycles. The van der Waals surface area contributed by atoms with Gasteiger partial charge in [-0.3, -0.25) is 9.69 Å². The Morgan fingerprint density at radius 2 is 1.48 bits per heavy atom. The molecule has 0 saturated carbocycles. The topological polar surface area (TPSA) is 35.6 Å². The number of nitrogens with zero attached hydrogens (tertiary/aromatic N) is 2. The number of hydrogen-bond acceptors (Lipinski definition) is 3. The summed E-state index contributed by atoms with van der Waals surface area (Å²) in [6.45, 7) is 4.85. The van der Waals surface area contributed by atoms with Gasteiger partial charge in [-0.2, -0.15) is 0 Å². The van der Waals surface area contributed by atoms with Crippen LogP contribution in [0.5, 0.6) is 0 Å². The molecule has 2 aromatic rings. The number of nitrogens with one attached hydrogen (secondary N) is 1. The third-order valence-corrected chi connectivity index (χ3v) is 4.12. The highest BCUT2D eigenvalue weighted by atomic mass is 35.5. The van der Waals surface area contributed by atoms with Gasteiger partial charge in [-0.05, 0) is 17.7 Å². The summed E-state index contributed by atoms with van der Waals surface area (Å²) in [4.78, 5) is 17.0. The number of rotatable bonds is 5. The lowest BCUT2D eigenvalue weighted by Gasteiger charge is -2.30. The quantitative estimate of drug-likeness (QED) is 0.864. The van der Waals surface area contributed by atoms with Crippen LogP contribution < -0.4 is 10.2 Å². The van der Waals surface area contributed by atoms with Crippen molar-refractivity contribution >= 4 is 36.4 Å². The molecule has 1 aliphatic heterocycles. The third-order valence-electron chi connectivity index (χ3n) is 4.12. The fourth-order valence-electron chi connectivity index (χ4n) is 2.84. The molecule has 1 amide bonds. The van der Waals surface area contributed by atoms with E-state index in [0.29, 0.717) is 13.1 Å². The van der Waals surface area contributed by atoms with Crippen LogP contribution in [0.15, 0.2) is 60.7 Å². The first-order chi connectivity index (χ1) is 11.3. The SMILES string of the molecule is Cl.Cl.O=C(CN1CCNCC1)N(Cc1ccccc1)c1ccccc1. The Hall–Kier alpha value is -1.59. The van der Waals surface area contributed by atoms with E-state index in [2.05, 4.69) is 22.3 Å². The van der Waals surface area contributed by atoms with Crippen molar-refractivity contribution in [1.29, 1.82) is 0 Å². The Morgan fingerprint density at radius 1 is 0.920 bits per heavy atom. The van der Waals surface area contributed by atoms with Crippen molar-refractivity contribution in [3.8, 4) is 0 Å². The number of para-hydroxylation sites is 1. The van der Waals surface area contributed by atoms with Gasteiger partial charge in [-0.1, -0.05) is 48.5 Å². The minimum absolute atomic E-state index is 0. The van der Waals surface area contributed by atoms with E-state index in [1.54, 1.807) is 0 Å². The maximum absolute atomic E-state index is 12.9. The largest absolute Gasteiger partial charge is 0.314 e. The van der Waals surface area contributed by atoms with Gasteiger partial charge < -0.3 is 10.2 Å². The van der Waals surface area contributed by atoms with Gasteiger partial charge in [0.25, 0.3) is 0 Å². The Balaban J connectivity index is 0.00000156. The predicted octanol–water partition coefficient (Wildman–Crippen LogP) is 2.97. The number of carbonyl (C=O) groups excluding carboxylic acids is 1. The zero-order chi connectivity index (χ0) is 15.9. The third kappa shape index (κ3) is 6.33. The second-order valence-electron chi connectivity index (χ2n) is 5.83. The number of hydrogen-bond donors (Lipinski definition) is 1. The lowest BCUT2D eigenvalue weighted by Crippen LogP contribution is -2.48. The van der Waals surface area contributed by atoms with Crippen molar-refractivity contribution in [2.75, 3.05) is 37.6 Å². The van der Waals surface area contributed by atoms with Crippen molar-refractivity contribution < 1.29 is 4.79 Å². The Morgan fingerprint density at radius 3 is 2.08 bits per heavy atom. The van der Waals surface area contributed by atoms with Gasteiger partial charge in [0.15, 0.2) is 0 Å². The van der Waals surface area contributed by atoms with Gasteiger partial charge in [0.1, 0.15) is 0 Å². The molecule has 136 valence electrons. The second-order valence-corrected chi connectivity index (χ2v) is 5.83. The fraction of sp³-hybridized carbons (Fsp3) is 0.316. The summed E-state index contributed by atoms with van der Waals surface area (Å²) < 4.78 is 0. The van der Waals surface area contributed by atoms with Crippen LogP contribution in [-0.2, 0) is 11.3 Å². The zero-order valence-electron chi connectivity index (χ0n) is 14.1. The summed E-state index contributed by atoms with van der Waals surface area (Å²) in [5.41, 5.74) is 2.10. The molecular weight excluding hydrogens is 357 g/mol. The van der Waals surface area contributed by atoms with Gasteiger partial charge in [0, 0.05) is 31.9 Å². The number of benzene rings is 2. The lowest BCUT2D eigenvalue weighted by molar-refractivity contribution is -0.120. The number of anilines is 1. The van der Waals surface area contributed by atoms with E-state index in [1.807, 2.05) is 53.4 Å². The number of carbonyl (C=O) groups is 1. The minimum atomic E-state index is 0. The predicted molar refractivity (Wildman–Crippen MR) is 108 cm³/mol. The average molecular weight is 382 g/mol. The van der Waals surface area contributed by atoms with Crippen molar-refractivity contribution in [1.82, 2.24) is 10.2 Å². The smallest absolute Gasteiger partial charge is 0.241 e. The molecule has 0 atom stereocenters. The van der Waals surface area contributed by atoms with Crippen LogP contribution in [0.3, 0.4) is 0 Å². The van der Waals surface area contributed by atoms with Crippen LogP contribution in [0, 0.1) is 0 Å². The van der Waals surface area contributed by atoms with E-state index in [-0.39, 0.29) is 30.7 Å². The van der Waals surface area contributed by atoms with Crippen LogP contribution >= 0.6 is 24.8 Å². The molecule has 3 rings (SSSR count). The maximum Gasteiger partial charge on any atom is 0.241 e. The molecule has 0 unspecified atom stereocenters. The molecule has 4 nitrogen and oxygen atoms in total. The van der Waals surface area contributed by atoms with Gasteiger partial charge in [0.05, 0.1) is 13.1 Å². The van der Waals surface area contributed by atoms with Gasteiger partial charge in [-0.15, -0.1) is 24.8 Å². The Kier molecular flexibility index (Phi) is 9.53. The fourth-order valence-corrected chi connectivity index (χ4v) is 2.84. The highest BCUT2D eigenvalue weighted by molar-refractivity contribution is 5.94. The van der Waals surface area contributed by atoms with Crippen LogP contribution in [0.1, 0.15) is 5.56 Å². The van der Waals surface area contributed by atoms with Gasteiger partial charge in [-0.25, -0.2) is 0 Å². The van der Waals surface area contributed by atoms with Crippen LogP contribution in [0.4, 0.5) is 5.69 Å². The van der Waals surface area contributed by atoms with Crippen molar-refractivity contribution in [2.45, 2.75) is 6.54 Å². The first-order valence-corrected chi connectivity index (χ1v) is 8.15. The molecule has 0 aromatic heterocycles. The molecule has 1 aliphatic rings. The maximum atomic E-state index is 12.9. The van der Waals surface area contributed by atoms with E-state index < -0.39 is 0 Å². The number of amides is 1. The van der Waals surface area contributed by atoms with E-state index in [1.165, 1.54) is 0 Å².